The van der Waals surface area contributed by atoms with Crippen molar-refractivity contribution in [3.8, 4) is 0 Å². The van der Waals surface area contributed by atoms with Gasteiger partial charge in [-0.25, -0.2) is 0 Å². The van der Waals surface area contributed by atoms with Crippen LogP contribution in [0.2, 0.25) is 0 Å². The van der Waals surface area contributed by atoms with E-state index in [1.165, 1.54) is 0 Å². The van der Waals surface area contributed by atoms with Crippen molar-refractivity contribution in [2.24, 2.45) is 0 Å². The average molecular weight is 373 g/mol. The fourth-order valence-corrected chi connectivity index (χ4v) is 2.77. The number of piperazine rings is 1. The largest absolute Gasteiger partial charge is 0.355 e. The number of ketones is 1. The first-order valence-electron chi connectivity index (χ1n) is 10.5. The molecule has 0 aliphatic carbocycles. The number of rotatable bonds is 10. The number of Topliss-reactive ketones (excluding diaryl/α,β-unsaturated/α-hetero) is 1. The molecule has 1 heterocycles. The molecule has 1 aliphatic rings. The summed E-state index contributed by atoms with van der Waals surface area (Å²) in [5.74, 6) is 0.291. The van der Waals surface area contributed by atoms with Crippen LogP contribution < -0.4 is 10.6 Å². The van der Waals surface area contributed by atoms with Gasteiger partial charge in [0.1, 0.15) is 5.78 Å². The van der Waals surface area contributed by atoms with Crippen LogP contribution >= 0.6 is 0 Å². The first kappa shape index (κ1) is 27.2. The van der Waals surface area contributed by atoms with E-state index in [2.05, 4.69) is 27.4 Å². The molecular formula is C20H44N4O2. The SMILES string of the molecule is CC.CC.CCN1CCN(CC(=O)NCCCCC(NC)C(C)=O)CC1. The van der Waals surface area contributed by atoms with Crippen LogP contribution in [0, 0.1) is 0 Å². The lowest BCUT2D eigenvalue weighted by molar-refractivity contribution is -0.122. The van der Waals surface area contributed by atoms with E-state index in [0.29, 0.717) is 13.1 Å². The Labute approximate surface area is 162 Å². The molecule has 1 aliphatic heterocycles. The quantitative estimate of drug-likeness (QED) is 0.575. The molecule has 0 bridgehead atoms. The molecule has 2 N–H and O–H groups in total. The summed E-state index contributed by atoms with van der Waals surface area (Å²) < 4.78 is 0. The van der Waals surface area contributed by atoms with Gasteiger partial charge in [-0.15, -0.1) is 0 Å². The Bertz CT molecular complexity index is 343. The summed E-state index contributed by atoms with van der Waals surface area (Å²) >= 11 is 0. The van der Waals surface area contributed by atoms with E-state index < -0.39 is 0 Å². The minimum absolute atomic E-state index is 0.0504. The number of nitrogens with zero attached hydrogens (tertiary/aromatic N) is 2. The zero-order valence-corrected chi connectivity index (χ0v) is 18.4. The van der Waals surface area contributed by atoms with Crippen LogP contribution in [0.25, 0.3) is 0 Å². The highest BCUT2D eigenvalue weighted by Gasteiger charge is 2.17. The molecule has 6 heteroatoms. The van der Waals surface area contributed by atoms with E-state index in [1.807, 2.05) is 34.7 Å². The summed E-state index contributed by atoms with van der Waals surface area (Å²) in [6.45, 7) is 18.1. The normalized spacial score (nSPS) is 15.8. The van der Waals surface area contributed by atoms with Crippen LogP contribution in [0.5, 0.6) is 0 Å². The Morgan fingerprint density at radius 3 is 1.96 bits per heavy atom. The van der Waals surface area contributed by atoms with E-state index in [0.717, 1.165) is 52.0 Å². The minimum atomic E-state index is -0.0504. The zero-order valence-electron chi connectivity index (χ0n) is 18.4. The monoisotopic (exact) mass is 372 g/mol. The standard InChI is InChI=1S/C16H32N4O2.2C2H6/c1-4-19-9-11-20(12-10-19)13-16(22)18-8-6-5-7-15(17-3)14(2)21;2*1-2/h15,17H,4-13H2,1-3H3,(H,18,22);2*1-2H3. The van der Waals surface area contributed by atoms with Crippen LogP contribution in [0.3, 0.4) is 0 Å². The van der Waals surface area contributed by atoms with E-state index in [-0.39, 0.29) is 17.7 Å². The highest BCUT2D eigenvalue weighted by Crippen LogP contribution is 2.02. The van der Waals surface area contributed by atoms with Crippen molar-refractivity contribution >= 4 is 11.7 Å². The third-order valence-corrected chi connectivity index (χ3v) is 4.36. The van der Waals surface area contributed by atoms with E-state index >= 15 is 0 Å². The maximum absolute atomic E-state index is 11.9. The molecule has 1 rings (SSSR count). The summed E-state index contributed by atoms with van der Waals surface area (Å²) in [6.07, 6.45) is 2.70. The number of nitrogens with one attached hydrogen (secondary N) is 2. The van der Waals surface area contributed by atoms with Gasteiger partial charge in [-0.05, 0) is 39.8 Å². The smallest absolute Gasteiger partial charge is 0.234 e. The molecule has 0 aromatic rings. The van der Waals surface area contributed by atoms with Gasteiger partial charge in [-0.1, -0.05) is 34.6 Å². The van der Waals surface area contributed by atoms with Gasteiger partial charge < -0.3 is 15.5 Å². The first-order valence-corrected chi connectivity index (χ1v) is 10.5. The number of hydrogen-bond acceptors (Lipinski definition) is 5. The molecule has 1 saturated heterocycles. The maximum Gasteiger partial charge on any atom is 0.234 e. The van der Waals surface area contributed by atoms with Gasteiger partial charge in [0.15, 0.2) is 0 Å². The maximum atomic E-state index is 11.9. The van der Waals surface area contributed by atoms with Crippen LogP contribution in [0.4, 0.5) is 0 Å². The van der Waals surface area contributed by atoms with Gasteiger partial charge in [0, 0.05) is 32.7 Å². The Morgan fingerprint density at radius 1 is 0.962 bits per heavy atom. The molecule has 0 radical (unpaired) electrons. The van der Waals surface area contributed by atoms with E-state index in [4.69, 9.17) is 0 Å². The van der Waals surface area contributed by atoms with Gasteiger partial charge in [0.25, 0.3) is 0 Å². The van der Waals surface area contributed by atoms with Crippen molar-refractivity contribution in [3.63, 3.8) is 0 Å². The van der Waals surface area contributed by atoms with Crippen LogP contribution in [0.1, 0.15) is 60.8 Å². The highest BCUT2D eigenvalue weighted by molar-refractivity contribution is 5.81. The molecule has 26 heavy (non-hydrogen) atoms. The summed E-state index contributed by atoms with van der Waals surface area (Å²) in [4.78, 5) is 27.8. The Balaban J connectivity index is 0. The topological polar surface area (TPSA) is 64.7 Å². The van der Waals surface area contributed by atoms with Crippen molar-refractivity contribution in [1.29, 1.82) is 0 Å². The second-order valence-corrected chi connectivity index (χ2v) is 6.01. The molecule has 0 spiro atoms. The molecule has 156 valence electrons. The summed E-state index contributed by atoms with van der Waals surface area (Å²) in [5.41, 5.74) is 0. The Morgan fingerprint density at radius 2 is 1.50 bits per heavy atom. The van der Waals surface area contributed by atoms with Crippen molar-refractivity contribution in [1.82, 2.24) is 20.4 Å². The lowest BCUT2D eigenvalue weighted by Crippen LogP contribution is -2.49. The molecule has 1 fully saturated rings. The molecule has 0 aromatic carbocycles. The predicted molar refractivity (Wildman–Crippen MR) is 112 cm³/mol. The lowest BCUT2D eigenvalue weighted by Gasteiger charge is -2.33. The first-order chi connectivity index (χ1) is 12.6. The highest BCUT2D eigenvalue weighted by atomic mass is 16.2. The Kier molecular flexibility index (Phi) is 19.7. The second-order valence-electron chi connectivity index (χ2n) is 6.01. The fraction of sp³-hybridized carbons (Fsp3) is 0.900. The number of amides is 1. The molecule has 1 unspecified atom stereocenters. The average Bonchev–Trinajstić information content (AvgIpc) is 2.68. The molecular weight excluding hydrogens is 328 g/mol. The third kappa shape index (κ3) is 13.3. The van der Waals surface area contributed by atoms with Gasteiger partial charge in [-0.2, -0.15) is 0 Å². The second kappa shape index (κ2) is 18.8. The van der Waals surface area contributed by atoms with Gasteiger partial charge >= 0.3 is 0 Å². The number of carbonyl (C=O) groups is 2. The number of likely N-dealkylation sites (N-methyl/N-ethyl adjacent to an activating group) is 2. The van der Waals surface area contributed by atoms with Crippen LogP contribution in [0.15, 0.2) is 0 Å². The summed E-state index contributed by atoms with van der Waals surface area (Å²) in [6, 6.07) is -0.0504. The summed E-state index contributed by atoms with van der Waals surface area (Å²) in [5, 5.41) is 5.99. The molecule has 1 amide bonds. The van der Waals surface area contributed by atoms with Gasteiger partial charge in [0.05, 0.1) is 12.6 Å². The van der Waals surface area contributed by atoms with Crippen molar-refractivity contribution in [3.05, 3.63) is 0 Å². The number of carbonyl (C=O) groups excluding carboxylic acids is 2. The number of unbranched alkanes of at least 4 members (excludes halogenated alkanes) is 1. The number of hydrogen-bond donors (Lipinski definition) is 2. The van der Waals surface area contributed by atoms with Crippen molar-refractivity contribution in [2.75, 3.05) is 52.9 Å². The van der Waals surface area contributed by atoms with Crippen molar-refractivity contribution in [2.45, 2.75) is 66.8 Å². The van der Waals surface area contributed by atoms with Gasteiger partial charge in [0.2, 0.25) is 5.91 Å². The molecule has 1 atom stereocenters. The van der Waals surface area contributed by atoms with Gasteiger partial charge in [-0.3, -0.25) is 14.5 Å². The minimum Gasteiger partial charge on any atom is -0.355 e. The molecule has 6 nitrogen and oxygen atoms in total. The zero-order chi connectivity index (χ0) is 20.4. The van der Waals surface area contributed by atoms with E-state index in [1.54, 1.807) is 6.92 Å². The Hall–Kier alpha value is -0.980. The molecule has 0 saturated carbocycles. The van der Waals surface area contributed by atoms with Crippen LogP contribution in [-0.2, 0) is 9.59 Å². The fourth-order valence-electron chi connectivity index (χ4n) is 2.77. The lowest BCUT2D eigenvalue weighted by atomic mass is 10.1. The van der Waals surface area contributed by atoms with Crippen LogP contribution in [-0.4, -0.2) is 80.4 Å². The molecule has 0 aromatic heterocycles. The van der Waals surface area contributed by atoms with Crippen molar-refractivity contribution < 1.29 is 9.59 Å². The predicted octanol–water partition coefficient (Wildman–Crippen LogP) is 2.14. The summed E-state index contributed by atoms with van der Waals surface area (Å²) in [7, 11) is 1.81. The third-order valence-electron chi connectivity index (χ3n) is 4.36. The van der Waals surface area contributed by atoms with E-state index in [9.17, 15) is 9.59 Å².